The molecule has 1 saturated heterocycles. The molecule has 0 radical (unpaired) electrons. The molecule has 4 aromatic rings. The van der Waals surface area contributed by atoms with Crippen molar-refractivity contribution in [2.24, 2.45) is 0 Å². The van der Waals surface area contributed by atoms with Gasteiger partial charge < -0.3 is 20.7 Å². The Morgan fingerprint density at radius 2 is 2.11 bits per heavy atom. The van der Waals surface area contributed by atoms with Crippen LogP contribution in [0.4, 0.5) is 21.7 Å². The first-order valence-electron chi connectivity index (χ1n) is 11.0. The number of halogens is 1. The molecule has 1 aliphatic heterocycles. The Morgan fingerprint density at radius 1 is 1.20 bits per heavy atom. The molecule has 9 nitrogen and oxygen atoms in total. The number of rotatable bonds is 6. The maximum absolute atomic E-state index is 15.1. The standard InChI is InChI=1S/C25H22FN7O2/c1-2-21(34)31-16-7-9-28-19(12-16)22-17(26)6-5-15-13-30-25(33-23(15)22)32-18-4-3-8-29-24(18)20-14-27-10-11-35-20/h2-9,12-13,20,27H,1,10-11,14H2,(H,28,31,34)(H,30,32,33). The average molecular weight is 471 g/mol. The van der Waals surface area contributed by atoms with Gasteiger partial charge in [-0.25, -0.2) is 14.4 Å². The van der Waals surface area contributed by atoms with Gasteiger partial charge in [0.15, 0.2) is 0 Å². The number of anilines is 3. The van der Waals surface area contributed by atoms with E-state index in [9.17, 15) is 4.79 Å². The monoisotopic (exact) mass is 471 g/mol. The van der Waals surface area contributed by atoms with Crippen LogP contribution < -0.4 is 16.0 Å². The van der Waals surface area contributed by atoms with E-state index < -0.39 is 5.82 Å². The zero-order valence-electron chi connectivity index (χ0n) is 18.7. The van der Waals surface area contributed by atoms with Crippen molar-refractivity contribution in [3.63, 3.8) is 0 Å². The number of carbonyl (C=O) groups excluding carboxylic acids is 1. The van der Waals surface area contributed by atoms with E-state index in [1.165, 1.54) is 12.3 Å². The lowest BCUT2D eigenvalue weighted by atomic mass is 10.1. The Hall–Kier alpha value is -4.28. The summed E-state index contributed by atoms with van der Waals surface area (Å²) in [7, 11) is 0. The van der Waals surface area contributed by atoms with Crippen LogP contribution >= 0.6 is 0 Å². The van der Waals surface area contributed by atoms with Crippen molar-refractivity contribution in [3.8, 4) is 11.3 Å². The van der Waals surface area contributed by atoms with E-state index in [4.69, 9.17) is 4.74 Å². The first-order chi connectivity index (χ1) is 17.1. The van der Waals surface area contributed by atoms with Crippen molar-refractivity contribution in [2.45, 2.75) is 6.10 Å². The van der Waals surface area contributed by atoms with E-state index in [0.29, 0.717) is 41.1 Å². The van der Waals surface area contributed by atoms with E-state index in [-0.39, 0.29) is 23.5 Å². The molecule has 3 N–H and O–H groups in total. The molecule has 176 valence electrons. The smallest absolute Gasteiger partial charge is 0.247 e. The van der Waals surface area contributed by atoms with Crippen molar-refractivity contribution < 1.29 is 13.9 Å². The molecule has 1 unspecified atom stereocenters. The Balaban J connectivity index is 1.53. The summed E-state index contributed by atoms with van der Waals surface area (Å²) in [5.74, 6) is -0.595. The highest BCUT2D eigenvalue weighted by Gasteiger charge is 2.21. The summed E-state index contributed by atoms with van der Waals surface area (Å²) >= 11 is 0. The van der Waals surface area contributed by atoms with Crippen LogP contribution in [0.25, 0.3) is 22.2 Å². The molecule has 0 saturated carbocycles. The fourth-order valence-corrected chi connectivity index (χ4v) is 3.86. The molecule has 0 spiro atoms. The highest BCUT2D eigenvalue weighted by atomic mass is 19.1. The van der Waals surface area contributed by atoms with Crippen LogP contribution in [0, 0.1) is 5.82 Å². The molecule has 3 aromatic heterocycles. The minimum absolute atomic E-state index is 0.203. The van der Waals surface area contributed by atoms with E-state index in [1.807, 2.05) is 6.07 Å². The van der Waals surface area contributed by atoms with E-state index in [0.717, 1.165) is 18.3 Å². The fraction of sp³-hybridized carbons (Fsp3) is 0.160. The van der Waals surface area contributed by atoms with Crippen molar-refractivity contribution in [1.29, 1.82) is 0 Å². The minimum Gasteiger partial charge on any atom is -0.369 e. The lowest BCUT2D eigenvalue weighted by Crippen LogP contribution is -2.34. The molecule has 0 bridgehead atoms. The number of pyridine rings is 2. The van der Waals surface area contributed by atoms with Crippen LogP contribution in [-0.2, 0) is 9.53 Å². The first kappa shape index (κ1) is 22.5. The van der Waals surface area contributed by atoms with Gasteiger partial charge in [0.05, 0.1) is 34.8 Å². The zero-order chi connectivity index (χ0) is 24.2. The predicted octanol–water partition coefficient (Wildman–Crippen LogP) is 3.75. The maximum Gasteiger partial charge on any atom is 0.247 e. The van der Waals surface area contributed by atoms with Gasteiger partial charge in [-0.05, 0) is 42.5 Å². The summed E-state index contributed by atoms with van der Waals surface area (Å²) in [4.78, 5) is 29.5. The van der Waals surface area contributed by atoms with Gasteiger partial charge in [-0.1, -0.05) is 6.58 Å². The van der Waals surface area contributed by atoms with Crippen molar-refractivity contribution in [3.05, 3.63) is 79.2 Å². The second kappa shape index (κ2) is 9.92. The number of hydrogen-bond acceptors (Lipinski definition) is 8. The minimum atomic E-state index is -0.495. The number of aromatic nitrogens is 4. The van der Waals surface area contributed by atoms with Gasteiger partial charge in [0.25, 0.3) is 0 Å². The van der Waals surface area contributed by atoms with Gasteiger partial charge in [0.2, 0.25) is 11.9 Å². The van der Waals surface area contributed by atoms with E-state index in [1.54, 1.807) is 36.7 Å². The third-order valence-electron chi connectivity index (χ3n) is 5.49. The lowest BCUT2D eigenvalue weighted by Gasteiger charge is -2.24. The third-order valence-corrected chi connectivity index (χ3v) is 5.49. The number of benzene rings is 1. The molecule has 4 heterocycles. The van der Waals surface area contributed by atoms with Crippen molar-refractivity contribution in [2.75, 3.05) is 30.3 Å². The molecule has 1 aliphatic rings. The van der Waals surface area contributed by atoms with Crippen molar-refractivity contribution in [1.82, 2.24) is 25.3 Å². The van der Waals surface area contributed by atoms with Gasteiger partial charge in [0, 0.05) is 42.8 Å². The zero-order valence-corrected chi connectivity index (χ0v) is 18.7. The lowest BCUT2D eigenvalue weighted by molar-refractivity contribution is -0.111. The van der Waals surface area contributed by atoms with Gasteiger partial charge in [-0.15, -0.1) is 0 Å². The third kappa shape index (κ3) is 4.84. The summed E-state index contributed by atoms with van der Waals surface area (Å²) in [6.07, 6.45) is 5.76. The summed E-state index contributed by atoms with van der Waals surface area (Å²) in [5.41, 5.74) is 2.80. The van der Waals surface area contributed by atoms with Crippen LogP contribution in [0.2, 0.25) is 0 Å². The Labute approximate surface area is 200 Å². The summed E-state index contributed by atoms with van der Waals surface area (Å²) in [5, 5.41) is 9.80. The fourth-order valence-electron chi connectivity index (χ4n) is 3.86. The number of hydrogen-bond donors (Lipinski definition) is 3. The van der Waals surface area contributed by atoms with E-state index in [2.05, 4.69) is 42.5 Å². The van der Waals surface area contributed by atoms with Crippen LogP contribution in [0.3, 0.4) is 0 Å². The molecule has 1 fully saturated rings. The molecule has 35 heavy (non-hydrogen) atoms. The number of carbonyl (C=O) groups is 1. The number of fused-ring (bicyclic) bond motifs is 1. The Morgan fingerprint density at radius 3 is 2.94 bits per heavy atom. The van der Waals surface area contributed by atoms with Gasteiger partial charge in [-0.3, -0.25) is 14.8 Å². The average Bonchev–Trinajstić information content (AvgIpc) is 2.89. The summed E-state index contributed by atoms with van der Waals surface area (Å²) in [6, 6.07) is 9.83. The van der Waals surface area contributed by atoms with Crippen LogP contribution in [0.1, 0.15) is 11.8 Å². The number of ether oxygens (including phenoxy) is 1. The molecular weight excluding hydrogens is 449 g/mol. The van der Waals surface area contributed by atoms with Crippen LogP contribution in [0.15, 0.2) is 67.6 Å². The molecule has 1 aromatic carbocycles. The quantitative estimate of drug-likeness (QED) is 0.364. The second-order valence-corrected chi connectivity index (χ2v) is 7.80. The topological polar surface area (TPSA) is 114 Å². The largest absolute Gasteiger partial charge is 0.369 e. The van der Waals surface area contributed by atoms with Gasteiger partial charge >= 0.3 is 0 Å². The van der Waals surface area contributed by atoms with Crippen molar-refractivity contribution >= 4 is 34.1 Å². The number of morpholine rings is 1. The molecule has 5 rings (SSSR count). The molecule has 1 amide bonds. The first-order valence-corrected chi connectivity index (χ1v) is 11.0. The van der Waals surface area contributed by atoms with Gasteiger partial charge in [0.1, 0.15) is 11.9 Å². The molecule has 10 heteroatoms. The Kier molecular flexibility index (Phi) is 6.38. The highest BCUT2D eigenvalue weighted by Crippen LogP contribution is 2.32. The van der Waals surface area contributed by atoms with Crippen LogP contribution in [-0.4, -0.2) is 45.5 Å². The predicted molar refractivity (Wildman–Crippen MR) is 131 cm³/mol. The SMILES string of the molecule is C=CC(=O)Nc1ccnc(-c2c(F)ccc3cnc(Nc4cccnc4C4CNCCO4)nc23)c1. The second-order valence-electron chi connectivity index (χ2n) is 7.80. The van der Waals surface area contributed by atoms with Gasteiger partial charge in [-0.2, -0.15) is 0 Å². The highest BCUT2D eigenvalue weighted by molar-refractivity contribution is 6.00. The van der Waals surface area contributed by atoms with Crippen LogP contribution in [0.5, 0.6) is 0 Å². The Bertz CT molecular complexity index is 1410. The normalized spacial score (nSPS) is 15.5. The number of nitrogens with one attached hydrogen (secondary N) is 3. The summed E-state index contributed by atoms with van der Waals surface area (Å²) in [6.45, 7) is 5.47. The molecule has 0 aliphatic carbocycles. The number of amides is 1. The van der Waals surface area contributed by atoms with E-state index >= 15 is 4.39 Å². The maximum atomic E-state index is 15.1. The number of nitrogens with zero attached hydrogens (tertiary/aromatic N) is 4. The molecular formula is C25H22FN7O2. The molecule has 1 atom stereocenters. The summed E-state index contributed by atoms with van der Waals surface area (Å²) < 4.78 is 20.9.